The number of rotatable bonds is 2. The number of methoxy groups -OCH3 is 1. The molecule has 1 aliphatic rings. The van der Waals surface area contributed by atoms with Crippen LogP contribution in [0.3, 0.4) is 0 Å². The van der Waals surface area contributed by atoms with E-state index in [1.807, 2.05) is 0 Å². The van der Waals surface area contributed by atoms with Gasteiger partial charge in [0.2, 0.25) is 0 Å². The molecular formula is C7H10O6S. The number of esters is 1. The third-order valence-electron chi connectivity index (χ3n) is 2.17. The lowest BCUT2D eigenvalue weighted by Crippen LogP contribution is -2.29. The van der Waals surface area contributed by atoms with Crippen LogP contribution in [0.2, 0.25) is 0 Å². The van der Waals surface area contributed by atoms with Crippen molar-refractivity contribution < 1.29 is 27.9 Å². The van der Waals surface area contributed by atoms with E-state index in [-0.39, 0.29) is 0 Å². The summed E-state index contributed by atoms with van der Waals surface area (Å²) in [5, 5.41) is 8.69. The first-order valence-corrected chi connectivity index (χ1v) is 5.70. The van der Waals surface area contributed by atoms with E-state index in [0.29, 0.717) is 0 Å². The van der Waals surface area contributed by atoms with Gasteiger partial charge in [0.15, 0.2) is 9.84 Å². The zero-order valence-electron chi connectivity index (χ0n) is 7.47. The monoisotopic (exact) mass is 222 g/mol. The third kappa shape index (κ3) is 2.03. The summed E-state index contributed by atoms with van der Waals surface area (Å²) in [6.45, 7) is 0. The minimum Gasteiger partial charge on any atom is -0.481 e. The van der Waals surface area contributed by atoms with E-state index in [4.69, 9.17) is 5.11 Å². The maximum atomic E-state index is 11.1. The van der Waals surface area contributed by atoms with Crippen LogP contribution in [0.4, 0.5) is 0 Å². The second-order valence-electron chi connectivity index (χ2n) is 3.15. The molecule has 14 heavy (non-hydrogen) atoms. The van der Waals surface area contributed by atoms with E-state index in [0.717, 1.165) is 7.11 Å². The summed E-state index contributed by atoms with van der Waals surface area (Å²) in [4.78, 5) is 21.7. The molecule has 0 aromatic heterocycles. The van der Waals surface area contributed by atoms with Gasteiger partial charge in [-0.25, -0.2) is 8.42 Å². The van der Waals surface area contributed by atoms with Gasteiger partial charge in [0.1, 0.15) is 0 Å². The third-order valence-corrected chi connectivity index (χ3v) is 3.91. The van der Waals surface area contributed by atoms with Gasteiger partial charge in [-0.1, -0.05) is 0 Å². The Labute approximate surface area is 80.8 Å². The van der Waals surface area contributed by atoms with Gasteiger partial charge in [-0.2, -0.15) is 0 Å². The van der Waals surface area contributed by atoms with Crippen molar-refractivity contribution in [1.29, 1.82) is 0 Å². The Bertz CT molecular complexity index is 356. The number of hydrogen-bond acceptors (Lipinski definition) is 5. The maximum absolute atomic E-state index is 11.1. The summed E-state index contributed by atoms with van der Waals surface area (Å²) < 4.78 is 26.6. The van der Waals surface area contributed by atoms with Gasteiger partial charge < -0.3 is 9.84 Å². The number of hydrogen-bond donors (Lipinski definition) is 1. The van der Waals surface area contributed by atoms with Crippen LogP contribution in [0.1, 0.15) is 0 Å². The molecule has 0 bridgehead atoms. The van der Waals surface area contributed by atoms with Gasteiger partial charge in [0.25, 0.3) is 0 Å². The quantitative estimate of drug-likeness (QED) is 0.596. The molecule has 2 unspecified atom stereocenters. The Balaban J connectivity index is 2.94. The van der Waals surface area contributed by atoms with Crippen molar-refractivity contribution in [3.8, 4) is 0 Å². The molecule has 0 aromatic rings. The molecule has 1 N–H and O–H groups in total. The predicted octanol–water partition coefficient (Wildman–Crippen LogP) is -1.10. The second kappa shape index (κ2) is 3.56. The average molecular weight is 222 g/mol. The Morgan fingerprint density at radius 2 is 1.79 bits per heavy atom. The Morgan fingerprint density at radius 1 is 1.29 bits per heavy atom. The molecule has 1 heterocycles. The van der Waals surface area contributed by atoms with Crippen LogP contribution in [0, 0.1) is 11.8 Å². The van der Waals surface area contributed by atoms with Crippen molar-refractivity contribution in [3.05, 3.63) is 0 Å². The first-order chi connectivity index (χ1) is 6.37. The van der Waals surface area contributed by atoms with E-state index in [9.17, 15) is 18.0 Å². The highest BCUT2D eigenvalue weighted by molar-refractivity contribution is 7.91. The van der Waals surface area contributed by atoms with Crippen LogP contribution >= 0.6 is 0 Å². The van der Waals surface area contributed by atoms with Gasteiger partial charge in [0.05, 0.1) is 30.5 Å². The summed E-state index contributed by atoms with van der Waals surface area (Å²) in [6, 6.07) is 0. The number of ether oxygens (including phenoxy) is 1. The molecule has 2 atom stereocenters. The first kappa shape index (κ1) is 11.0. The lowest BCUT2D eigenvalue weighted by Gasteiger charge is -2.10. The standard InChI is InChI=1S/C7H10O6S/c1-13-7(10)5-3-14(11,12)2-4(5)6(8)9/h4-5H,2-3H2,1H3,(H,8,9). The zero-order chi connectivity index (χ0) is 10.9. The fourth-order valence-electron chi connectivity index (χ4n) is 1.47. The summed E-state index contributed by atoms with van der Waals surface area (Å²) in [7, 11) is -2.32. The minimum absolute atomic E-state index is 0.434. The lowest BCUT2D eigenvalue weighted by molar-refractivity contribution is -0.153. The van der Waals surface area contributed by atoms with Crippen molar-refractivity contribution in [2.24, 2.45) is 11.8 Å². The van der Waals surface area contributed by atoms with E-state index in [2.05, 4.69) is 4.74 Å². The summed E-state index contributed by atoms with van der Waals surface area (Å²) in [5.74, 6) is -5.21. The van der Waals surface area contributed by atoms with Gasteiger partial charge in [-0.05, 0) is 0 Å². The molecule has 6 nitrogen and oxygen atoms in total. The molecule has 0 radical (unpaired) electrons. The number of carboxylic acids is 1. The van der Waals surface area contributed by atoms with Crippen molar-refractivity contribution in [2.45, 2.75) is 0 Å². The average Bonchev–Trinajstić information content (AvgIpc) is 2.40. The fraction of sp³-hybridized carbons (Fsp3) is 0.714. The number of aliphatic carboxylic acids is 1. The molecule has 0 amide bonds. The molecule has 1 saturated heterocycles. The fourth-order valence-corrected chi connectivity index (χ4v) is 3.45. The molecule has 0 saturated carbocycles. The molecule has 0 aliphatic carbocycles. The molecule has 0 aromatic carbocycles. The number of sulfone groups is 1. The normalized spacial score (nSPS) is 29.8. The predicted molar refractivity (Wildman–Crippen MR) is 45.3 cm³/mol. The van der Waals surface area contributed by atoms with Crippen LogP contribution in [0.15, 0.2) is 0 Å². The molecular weight excluding hydrogens is 212 g/mol. The van der Waals surface area contributed by atoms with Crippen molar-refractivity contribution >= 4 is 21.8 Å². The van der Waals surface area contributed by atoms with E-state index in [1.54, 1.807) is 0 Å². The minimum atomic E-state index is -3.43. The SMILES string of the molecule is COC(=O)C1CS(=O)(=O)CC1C(=O)O. The van der Waals surface area contributed by atoms with E-state index >= 15 is 0 Å². The molecule has 80 valence electrons. The Morgan fingerprint density at radius 3 is 2.21 bits per heavy atom. The lowest BCUT2D eigenvalue weighted by atomic mass is 9.97. The highest BCUT2D eigenvalue weighted by Crippen LogP contribution is 2.26. The largest absolute Gasteiger partial charge is 0.481 e. The van der Waals surface area contributed by atoms with Crippen molar-refractivity contribution in [2.75, 3.05) is 18.6 Å². The van der Waals surface area contributed by atoms with Crippen LogP contribution in [-0.2, 0) is 24.2 Å². The zero-order valence-corrected chi connectivity index (χ0v) is 8.28. The summed E-state index contributed by atoms with van der Waals surface area (Å²) in [6.07, 6.45) is 0. The van der Waals surface area contributed by atoms with Crippen LogP contribution in [-0.4, -0.2) is 44.1 Å². The molecule has 1 aliphatic heterocycles. The first-order valence-electron chi connectivity index (χ1n) is 3.88. The summed E-state index contributed by atoms with van der Waals surface area (Å²) in [5.41, 5.74) is 0. The molecule has 0 spiro atoms. The number of carboxylic acid groups (broad SMARTS) is 1. The maximum Gasteiger partial charge on any atom is 0.310 e. The molecule has 1 fully saturated rings. The van der Waals surface area contributed by atoms with Gasteiger partial charge in [-0.15, -0.1) is 0 Å². The van der Waals surface area contributed by atoms with E-state index in [1.165, 1.54) is 0 Å². The van der Waals surface area contributed by atoms with Crippen LogP contribution in [0.25, 0.3) is 0 Å². The van der Waals surface area contributed by atoms with Gasteiger partial charge in [0, 0.05) is 0 Å². The summed E-state index contributed by atoms with van der Waals surface area (Å²) >= 11 is 0. The number of carbonyl (C=O) groups excluding carboxylic acids is 1. The number of carbonyl (C=O) groups is 2. The van der Waals surface area contributed by atoms with Gasteiger partial charge in [-0.3, -0.25) is 9.59 Å². The highest BCUT2D eigenvalue weighted by atomic mass is 32.2. The Hall–Kier alpha value is -1.11. The Kier molecular flexibility index (Phi) is 2.79. The van der Waals surface area contributed by atoms with E-state index < -0.39 is 45.1 Å². The van der Waals surface area contributed by atoms with Crippen LogP contribution in [0.5, 0.6) is 0 Å². The van der Waals surface area contributed by atoms with Crippen LogP contribution < -0.4 is 0 Å². The van der Waals surface area contributed by atoms with Crippen molar-refractivity contribution in [1.82, 2.24) is 0 Å². The van der Waals surface area contributed by atoms with Gasteiger partial charge >= 0.3 is 11.9 Å². The highest BCUT2D eigenvalue weighted by Gasteiger charge is 2.46. The van der Waals surface area contributed by atoms with Crippen molar-refractivity contribution in [3.63, 3.8) is 0 Å². The smallest absolute Gasteiger partial charge is 0.310 e. The molecule has 7 heteroatoms. The molecule has 1 rings (SSSR count). The second-order valence-corrected chi connectivity index (χ2v) is 5.31. The topological polar surface area (TPSA) is 97.7 Å².